The fraction of sp³-hybridized carbons (Fsp3) is 1.00. The third kappa shape index (κ3) is 10.2. The Morgan fingerprint density at radius 3 is 1.62 bits per heavy atom. The molecule has 0 saturated carbocycles. The van der Waals surface area contributed by atoms with Crippen molar-refractivity contribution in [2.45, 2.75) is 0 Å². The summed E-state index contributed by atoms with van der Waals surface area (Å²) in [6, 6.07) is 0. The maximum absolute atomic E-state index is 8.15. The summed E-state index contributed by atoms with van der Waals surface area (Å²) in [5, 5.41) is 19.1. The van der Waals surface area contributed by atoms with Crippen LogP contribution >= 0.6 is 0 Å². The molecule has 0 amide bonds. The topological polar surface area (TPSA) is 52.5 Å². The monoisotopic (exact) mass is 147 g/mol. The van der Waals surface area contributed by atoms with Crippen molar-refractivity contribution >= 4 is 37.7 Å². The molecule has 0 radical (unpaired) electrons. The zero-order chi connectivity index (χ0) is 5.54. The van der Waals surface area contributed by atoms with Gasteiger partial charge >= 0.3 is 37.7 Å². The maximum atomic E-state index is 8.15. The van der Waals surface area contributed by atoms with Crippen LogP contribution in [0.2, 0.25) is 0 Å². The van der Waals surface area contributed by atoms with E-state index < -0.39 is 0 Å². The number of aliphatic hydroxyl groups is 2. The zero-order valence-electron chi connectivity index (χ0n) is 4.22. The number of rotatable bonds is 4. The molecule has 0 heterocycles. The minimum atomic E-state index is 0. The van der Waals surface area contributed by atoms with Crippen LogP contribution in [0.3, 0.4) is 0 Å². The fourth-order valence-electron chi connectivity index (χ4n) is 0.283. The van der Waals surface area contributed by atoms with Crippen LogP contribution in [-0.4, -0.2) is 74.3 Å². The Hall–Kier alpha value is 1.14. The molecule has 0 aliphatic heterocycles. The quantitative estimate of drug-likeness (QED) is 0.308. The van der Waals surface area contributed by atoms with E-state index in [0.29, 0.717) is 13.1 Å². The summed E-state index contributed by atoms with van der Waals surface area (Å²) in [5.74, 6) is 0. The molecule has 3 N–H and O–H groups in total. The van der Waals surface area contributed by atoms with E-state index in [1.165, 1.54) is 0 Å². The molecule has 0 bridgehead atoms. The molecule has 0 rings (SSSR count). The second-order valence-electron chi connectivity index (χ2n) is 1.20. The Balaban J connectivity index is 0. The summed E-state index contributed by atoms with van der Waals surface area (Å²) in [6.07, 6.45) is 0. The van der Waals surface area contributed by atoms with Crippen molar-refractivity contribution in [2.75, 3.05) is 26.3 Å². The van der Waals surface area contributed by atoms with E-state index in [1.54, 1.807) is 0 Å². The van der Waals surface area contributed by atoms with Gasteiger partial charge in [-0.05, 0) is 0 Å². The first-order valence-electron chi connectivity index (χ1n) is 2.34. The molecule has 0 aromatic rings. The van der Waals surface area contributed by atoms with Gasteiger partial charge in [0.15, 0.2) is 0 Å². The average Bonchev–Trinajstić information content (AvgIpc) is 1.69. The molecule has 0 aliphatic carbocycles. The van der Waals surface area contributed by atoms with Crippen LogP contribution in [0.5, 0.6) is 0 Å². The van der Waals surface area contributed by atoms with E-state index in [0.717, 1.165) is 0 Å². The molecule has 4 heteroatoms. The second-order valence-corrected chi connectivity index (χ2v) is 1.20. The standard InChI is InChI=1S/C4H11NO2.Ca.2H/c6-3-1-5-2-4-7;;;/h5-7H,1-4H2;;;. The fourth-order valence-corrected chi connectivity index (χ4v) is 0.283. The van der Waals surface area contributed by atoms with Gasteiger partial charge in [-0.2, -0.15) is 0 Å². The summed E-state index contributed by atoms with van der Waals surface area (Å²) < 4.78 is 0. The first-order chi connectivity index (χ1) is 3.41. The van der Waals surface area contributed by atoms with E-state index in [-0.39, 0.29) is 51.0 Å². The van der Waals surface area contributed by atoms with Gasteiger partial charge in [-0.3, -0.25) is 0 Å². The van der Waals surface area contributed by atoms with Gasteiger partial charge in [-0.25, -0.2) is 0 Å². The number of aliphatic hydroxyl groups excluding tert-OH is 2. The van der Waals surface area contributed by atoms with Crippen LogP contribution in [0.25, 0.3) is 0 Å². The van der Waals surface area contributed by atoms with E-state index >= 15 is 0 Å². The first kappa shape index (κ1) is 11.9. The van der Waals surface area contributed by atoms with Gasteiger partial charge < -0.3 is 15.5 Å². The third-order valence-electron chi connectivity index (χ3n) is 0.577. The molecule has 0 aliphatic rings. The van der Waals surface area contributed by atoms with Gasteiger partial charge in [0.25, 0.3) is 0 Å². The van der Waals surface area contributed by atoms with E-state index in [2.05, 4.69) is 5.32 Å². The molecule has 3 nitrogen and oxygen atoms in total. The number of hydrogen-bond donors (Lipinski definition) is 3. The van der Waals surface area contributed by atoms with Gasteiger partial charge in [0.05, 0.1) is 13.2 Å². The molecule has 0 aromatic carbocycles. The van der Waals surface area contributed by atoms with Crippen LogP contribution in [-0.2, 0) is 0 Å². The van der Waals surface area contributed by atoms with Crippen LogP contribution in [0, 0.1) is 0 Å². The molecule has 48 valence electrons. The van der Waals surface area contributed by atoms with Crippen molar-refractivity contribution in [3.63, 3.8) is 0 Å². The van der Waals surface area contributed by atoms with Crippen molar-refractivity contribution in [3.8, 4) is 0 Å². The van der Waals surface area contributed by atoms with Gasteiger partial charge in [-0.1, -0.05) is 0 Å². The zero-order valence-corrected chi connectivity index (χ0v) is 4.22. The summed E-state index contributed by atoms with van der Waals surface area (Å²) >= 11 is 0. The van der Waals surface area contributed by atoms with Crippen LogP contribution in [0.4, 0.5) is 0 Å². The van der Waals surface area contributed by atoms with E-state index in [1.807, 2.05) is 0 Å². The van der Waals surface area contributed by atoms with Crippen molar-refractivity contribution < 1.29 is 10.2 Å². The van der Waals surface area contributed by atoms with Crippen LogP contribution < -0.4 is 5.32 Å². The first-order valence-corrected chi connectivity index (χ1v) is 2.34. The molecule has 0 fully saturated rings. The Labute approximate surface area is 79.1 Å². The summed E-state index contributed by atoms with van der Waals surface area (Å²) in [5.41, 5.74) is 0. The van der Waals surface area contributed by atoms with Gasteiger partial charge in [0.1, 0.15) is 0 Å². The van der Waals surface area contributed by atoms with Crippen LogP contribution in [0.1, 0.15) is 0 Å². The van der Waals surface area contributed by atoms with Gasteiger partial charge in [0, 0.05) is 13.1 Å². The molecule has 0 atom stereocenters. The predicted molar refractivity (Wildman–Crippen MR) is 35.6 cm³/mol. The second kappa shape index (κ2) is 11.0. The third-order valence-corrected chi connectivity index (χ3v) is 0.577. The number of hydrogen-bond acceptors (Lipinski definition) is 3. The summed E-state index contributed by atoms with van der Waals surface area (Å²) in [7, 11) is 0. The normalized spacial score (nSPS) is 8.25. The Bertz CT molecular complexity index is 33.2. The van der Waals surface area contributed by atoms with Crippen molar-refractivity contribution in [2.24, 2.45) is 0 Å². The van der Waals surface area contributed by atoms with Gasteiger partial charge in [0.2, 0.25) is 0 Å². The molecule has 0 unspecified atom stereocenters. The molecule has 0 spiro atoms. The summed E-state index contributed by atoms with van der Waals surface area (Å²) in [4.78, 5) is 0. The van der Waals surface area contributed by atoms with Crippen molar-refractivity contribution in [1.82, 2.24) is 5.32 Å². The van der Waals surface area contributed by atoms with E-state index in [9.17, 15) is 0 Å². The summed E-state index contributed by atoms with van der Waals surface area (Å²) in [6.45, 7) is 1.42. The molecular formula is C4H13CaNO2. The predicted octanol–water partition coefficient (Wildman–Crippen LogP) is -2.36. The van der Waals surface area contributed by atoms with Gasteiger partial charge in [-0.15, -0.1) is 0 Å². The van der Waals surface area contributed by atoms with Crippen molar-refractivity contribution in [1.29, 1.82) is 0 Å². The molecule has 0 aromatic heterocycles. The molecular weight excluding hydrogens is 134 g/mol. The average molecular weight is 147 g/mol. The molecule has 0 saturated heterocycles. The molecule has 8 heavy (non-hydrogen) atoms. The van der Waals surface area contributed by atoms with E-state index in [4.69, 9.17) is 10.2 Å². The van der Waals surface area contributed by atoms with Crippen LogP contribution in [0.15, 0.2) is 0 Å². The Morgan fingerprint density at radius 2 is 1.38 bits per heavy atom. The SMILES string of the molecule is OCCNCCO.[CaH2]. The van der Waals surface area contributed by atoms with Crippen molar-refractivity contribution in [3.05, 3.63) is 0 Å². The minimum absolute atomic E-state index is 0. The Kier molecular flexibility index (Phi) is 16.3. The number of nitrogens with one attached hydrogen (secondary N) is 1. The Morgan fingerprint density at radius 1 is 1.00 bits per heavy atom.